The zero-order valence-electron chi connectivity index (χ0n) is 11.8. The maximum absolute atomic E-state index is 13.4. The number of aromatic nitrogens is 1. The van der Waals surface area contributed by atoms with E-state index in [0.29, 0.717) is 16.6 Å². The van der Waals surface area contributed by atoms with Crippen LogP contribution in [0.15, 0.2) is 54.6 Å². The van der Waals surface area contributed by atoms with Gasteiger partial charge in [0.1, 0.15) is 5.82 Å². The minimum atomic E-state index is -1.09. The number of hydrogen-bond acceptors (Lipinski definition) is 3. The van der Waals surface area contributed by atoms with Crippen molar-refractivity contribution in [2.24, 2.45) is 0 Å². The number of benzene rings is 2. The highest BCUT2D eigenvalue weighted by Gasteiger charge is 2.15. The van der Waals surface area contributed by atoms with Crippen molar-refractivity contribution in [3.63, 3.8) is 0 Å². The zero-order valence-corrected chi connectivity index (χ0v) is 12.6. The Hall–Kier alpha value is -2.79. The molecule has 0 fully saturated rings. The SMILES string of the molecule is O=C(O)c1cc(-c2cc3ccccc3s2)nc2ccc(F)cc12. The van der Waals surface area contributed by atoms with Gasteiger partial charge in [0.05, 0.1) is 21.7 Å². The fraction of sp³-hybridized carbons (Fsp3) is 0. The van der Waals surface area contributed by atoms with Crippen LogP contribution in [0.3, 0.4) is 0 Å². The number of hydrogen-bond donors (Lipinski definition) is 1. The van der Waals surface area contributed by atoms with Crippen molar-refractivity contribution >= 4 is 38.3 Å². The van der Waals surface area contributed by atoms with Crippen molar-refractivity contribution < 1.29 is 14.3 Å². The molecule has 2 aromatic carbocycles. The summed E-state index contributed by atoms with van der Waals surface area (Å²) in [6, 6.07) is 15.4. The molecule has 0 amide bonds. The van der Waals surface area contributed by atoms with E-state index in [4.69, 9.17) is 0 Å². The Kier molecular flexibility index (Phi) is 3.09. The molecule has 0 aliphatic heterocycles. The van der Waals surface area contributed by atoms with Crippen molar-refractivity contribution in [1.82, 2.24) is 4.98 Å². The molecule has 0 spiro atoms. The molecule has 2 aromatic heterocycles. The first-order chi connectivity index (χ1) is 11.1. The van der Waals surface area contributed by atoms with Gasteiger partial charge in [-0.2, -0.15) is 0 Å². The summed E-state index contributed by atoms with van der Waals surface area (Å²) in [5.74, 6) is -1.57. The number of fused-ring (bicyclic) bond motifs is 2. The smallest absolute Gasteiger partial charge is 0.336 e. The van der Waals surface area contributed by atoms with Crippen molar-refractivity contribution in [2.45, 2.75) is 0 Å². The Morgan fingerprint density at radius 1 is 1.09 bits per heavy atom. The van der Waals surface area contributed by atoms with Gasteiger partial charge in [-0.1, -0.05) is 18.2 Å². The number of carboxylic acid groups (broad SMARTS) is 1. The molecule has 0 radical (unpaired) electrons. The lowest BCUT2D eigenvalue weighted by Gasteiger charge is -2.05. The summed E-state index contributed by atoms with van der Waals surface area (Å²) in [5, 5.41) is 10.8. The zero-order chi connectivity index (χ0) is 16.0. The summed E-state index contributed by atoms with van der Waals surface area (Å²) >= 11 is 1.55. The van der Waals surface area contributed by atoms with Gasteiger partial charge >= 0.3 is 5.97 Å². The minimum absolute atomic E-state index is 0.0574. The Labute approximate surface area is 134 Å². The first-order valence-corrected chi connectivity index (χ1v) is 7.76. The minimum Gasteiger partial charge on any atom is -0.478 e. The van der Waals surface area contributed by atoms with Gasteiger partial charge in [0, 0.05) is 10.1 Å². The van der Waals surface area contributed by atoms with Crippen molar-refractivity contribution in [2.75, 3.05) is 0 Å². The normalized spacial score (nSPS) is 11.2. The third-order valence-electron chi connectivity index (χ3n) is 3.68. The highest BCUT2D eigenvalue weighted by molar-refractivity contribution is 7.22. The lowest BCUT2D eigenvalue weighted by molar-refractivity contribution is 0.0699. The highest BCUT2D eigenvalue weighted by atomic mass is 32.1. The first kappa shape index (κ1) is 13.8. The number of pyridine rings is 1. The summed E-state index contributed by atoms with van der Waals surface area (Å²) in [5.41, 5.74) is 1.11. The molecule has 5 heteroatoms. The van der Waals surface area contributed by atoms with Crippen LogP contribution in [0.5, 0.6) is 0 Å². The molecule has 0 aliphatic carbocycles. The van der Waals surface area contributed by atoms with Gasteiger partial charge in [0.15, 0.2) is 0 Å². The Bertz CT molecular complexity index is 1040. The average Bonchev–Trinajstić information content (AvgIpc) is 2.97. The second kappa shape index (κ2) is 5.14. The van der Waals surface area contributed by atoms with Crippen LogP contribution in [0, 0.1) is 5.82 Å². The Morgan fingerprint density at radius 2 is 1.91 bits per heavy atom. The standard InChI is InChI=1S/C18H10FNO2S/c19-11-5-6-14-12(8-11)13(18(21)22)9-15(20-14)17-7-10-3-1-2-4-16(10)23-17/h1-9H,(H,21,22). The molecule has 3 nitrogen and oxygen atoms in total. The summed E-state index contributed by atoms with van der Waals surface area (Å²) in [6.07, 6.45) is 0. The van der Waals surface area contributed by atoms with E-state index in [2.05, 4.69) is 4.98 Å². The van der Waals surface area contributed by atoms with Gasteiger partial charge in [-0.15, -0.1) is 11.3 Å². The van der Waals surface area contributed by atoms with Crippen LogP contribution in [0.4, 0.5) is 4.39 Å². The number of nitrogens with zero attached hydrogens (tertiary/aromatic N) is 1. The van der Waals surface area contributed by atoms with Crippen LogP contribution in [0.2, 0.25) is 0 Å². The van der Waals surface area contributed by atoms with E-state index < -0.39 is 11.8 Å². The molecule has 0 atom stereocenters. The number of carbonyl (C=O) groups is 1. The first-order valence-electron chi connectivity index (χ1n) is 6.94. The number of rotatable bonds is 2. The van der Waals surface area contributed by atoms with Crippen molar-refractivity contribution in [1.29, 1.82) is 0 Å². The molecule has 4 rings (SSSR count). The number of thiophene rings is 1. The lowest BCUT2D eigenvalue weighted by atomic mass is 10.1. The summed E-state index contributed by atoms with van der Waals surface area (Å²) in [7, 11) is 0. The predicted octanol–water partition coefficient (Wildman–Crippen LogP) is 4.95. The summed E-state index contributed by atoms with van der Waals surface area (Å²) in [4.78, 5) is 16.9. The Balaban J connectivity index is 2.00. The van der Waals surface area contributed by atoms with Crippen LogP contribution in [0.1, 0.15) is 10.4 Å². The summed E-state index contributed by atoms with van der Waals surface area (Å²) < 4.78 is 14.5. The molecule has 23 heavy (non-hydrogen) atoms. The molecule has 1 N–H and O–H groups in total. The van der Waals surface area contributed by atoms with E-state index in [1.54, 1.807) is 11.3 Å². The van der Waals surface area contributed by atoms with E-state index in [1.165, 1.54) is 24.3 Å². The lowest BCUT2D eigenvalue weighted by Crippen LogP contribution is -2.00. The third-order valence-corrected chi connectivity index (χ3v) is 4.82. The molecule has 0 aliphatic rings. The van der Waals surface area contributed by atoms with Crippen LogP contribution in [-0.2, 0) is 0 Å². The highest BCUT2D eigenvalue weighted by Crippen LogP contribution is 2.34. The van der Waals surface area contributed by atoms with E-state index in [9.17, 15) is 14.3 Å². The number of carboxylic acids is 1. The second-order valence-corrected chi connectivity index (χ2v) is 6.25. The molecule has 0 saturated heterocycles. The van der Waals surface area contributed by atoms with E-state index in [0.717, 1.165) is 15.0 Å². The molecular formula is C18H10FNO2S. The molecule has 112 valence electrons. The van der Waals surface area contributed by atoms with Crippen LogP contribution >= 0.6 is 11.3 Å². The largest absolute Gasteiger partial charge is 0.478 e. The molecule has 0 saturated carbocycles. The quantitative estimate of drug-likeness (QED) is 0.567. The fourth-order valence-corrected chi connectivity index (χ4v) is 3.63. The number of halogens is 1. The van der Waals surface area contributed by atoms with Gasteiger partial charge in [-0.25, -0.2) is 14.2 Å². The average molecular weight is 323 g/mol. The van der Waals surface area contributed by atoms with Gasteiger partial charge in [-0.05, 0) is 41.8 Å². The molecule has 4 aromatic rings. The molecule has 0 unspecified atom stereocenters. The maximum Gasteiger partial charge on any atom is 0.336 e. The van der Waals surface area contributed by atoms with Crippen LogP contribution < -0.4 is 0 Å². The van der Waals surface area contributed by atoms with Gasteiger partial charge in [0.2, 0.25) is 0 Å². The van der Waals surface area contributed by atoms with Gasteiger partial charge < -0.3 is 5.11 Å². The molecule has 2 heterocycles. The van der Waals surface area contributed by atoms with Crippen LogP contribution in [-0.4, -0.2) is 16.1 Å². The predicted molar refractivity (Wildman–Crippen MR) is 89.5 cm³/mol. The van der Waals surface area contributed by atoms with E-state index >= 15 is 0 Å². The van der Waals surface area contributed by atoms with Gasteiger partial charge in [0.25, 0.3) is 0 Å². The number of aromatic carboxylic acids is 1. The fourth-order valence-electron chi connectivity index (χ4n) is 2.61. The van der Waals surface area contributed by atoms with Crippen molar-refractivity contribution in [3.8, 4) is 10.6 Å². The summed E-state index contributed by atoms with van der Waals surface area (Å²) in [6.45, 7) is 0. The Morgan fingerprint density at radius 3 is 2.70 bits per heavy atom. The maximum atomic E-state index is 13.4. The second-order valence-electron chi connectivity index (χ2n) is 5.17. The van der Waals surface area contributed by atoms with Crippen molar-refractivity contribution in [3.05, 3.63) is 66.0 Å². The van der Waals surface area contributed by atoms with E-state index in [1.807, 2.05) is 30.3 Å². The van der Waals surface area contributed by atoms with Crippen LogP contribution in [0.25, 0.3) is 31.6 Å². The monoisotopic (exact) mass is 323 g/mol. The molecular weight excluding hydrogens is 313 g/mol. The third kappa shape index (κ3) is 2.35. The van der Waals surface area contributed by atoms with E-state index in [-0.39, 0.29) is 5.56 Å². The molecule has 0 bridgehead atoms. The van der Waals surface area contributed by atoms with Gasteiger partial charge in [-0.3, -0.25) is 0 Å². The topological polar surface area (TPSA) is 50.2 Å².